The van der Waals surface area contributed by atoms with Crippen LogP contribution in [0.5, 0.6) is 5.75 Å². The predicted molar refractivity (Wildman–Crippen MR) is 99.5 cm³/mol. The summed E-state index contributed by atoms with van der Waals surface area (Å²) in [6.45, 7) is 7.00. The summed E-state index contributed by atoms with van der Waals surface area (Å²) in [5, 5.41) is 10.1. The fourth-order valence-electron chi connectivity index (χ4n) is 3.89. The Bertz CT molecular complexity index is 859. The van der Waals surface area contributed by atoms with Gasteiger partial charge in [0.1, 0.15) is 17.4 Å². The van der Waals surface area contributed by atoms with Crippen molar-refractivity contribution in [2.45, 2.75) is 39.7 Å². The van der Waals surface area contributed by atoms with Crippen LogP contribution in [0.1, 0.15) is 45.8 Å². The highest BCUT2D eigenvalue weighted by Gasteiger charge is 2.29. The van der Waals surface area contributed by atoms with E-state index < -0.39 is 0 Å². The first-order valence-corrected chi connectivity index (χ1v) is 9.23. The molecule has 2 aliphatic rings. The third kappa shape index (κ3) is 3.00. The maximum Gasteiger partial charge on any atom is 0.257 e. The summed E-state index contributed by atoms with van der Waals surface area (Å²) in [6.07, 6.45) is 3.16. The van der Waals surface area contributed by atoms with E-state index in [1.165, 1.54) is 18.4 Å². The van der Waals surface area contributed by atoms with Crippen LogP contribution in [-0.2, 0) is 13.0 Å². The Hall–Kier alpha value is -2.63. The number of benzene rings is 1. The molecule has 0 saturated carbocycles. The van der Waals surface area contributed by atoms with Crippen molar-refractivity contribution in [3.63, 3.8) is 0 Å². The zero-order valence-electron chi connectivity index (χ0n) is 15.3. The van der Waals surface area contributed by atoms with E-state index in [0.717, 1.165) is 42.4 Å². The average Bonchev–Trinajstić information content (AvgIpc) is 3.16. The van der Waals surface area contributed by atoms with Gasteiger partial charge in [-0.15, -0.1) is 0 Å². The molecule has 6 nitrogen and oxygen atoms in total. The summed E-state index contributed by atoms with van der Waals surface area (Å²) in [5.41, 5.74) is 3.43. The molecule has 4 rings (SSSR count). The normalized spacial score (nSPS) is 16.7. The smallest absolute Gasteiger partial charge is 0.257 e. The molecule has 1 aromatic carbocycles. The number of aromatic nitrogens is 2. The van der Waals surface area contributed by atoms with Gasteiger partial charge in [-0.3, -0.25) is 4.79 Å². The van der Waals surface area contributed by atoms with Gasteiger partial charge in [-0.2, -0.15) is 0 Å². The standard InChI is InChI=1S/C20H24N4O2/c1-13-5-6-18(25)16(11-13)20(26)24-10-7-15-17(12-24)21-14(2)22-19(15)23-8-3-4-9-23/h5-6,11,25H,3-4,7-10,12H2,1-2H3. The number of hydrogen-bond acceptors (Lipinski definition) is 5. The zero-order valence-corrected chi connectivity index (χ0v) is 15.3. The molecule has 1 aromatic heterocycles. The second kappa shape index (κ2) is 6.59. The fraction of sp³-hybridized carbons (Fsp3) is 0.450. The molecule has 6 heteroatoms. The first-order chi connectivity index (χ1) is 12.5. The molecule has 1 amide bonds. The van der Waals surface area contributed by atoms with Crippen LogP contribution in [0, 0.1) is 13.8 Å². The minimum atomic E-state index is -0.143. The number of nitrogens with zero attached hydrogens (tertiary/aromatic N) is 4. The second-order valence-electron chi connectivity index (χ2n) is 7.21. The molecular weight excluding hydrogens is 328 g/mol. The molecule has 136 valence electrons. The Labute approximate surface area is 153 Å². The highest BCUT2D eigenvalue weighted by Crippen LogP contribution is 2.30. The Balaban J connectivity index is 1.63. The van der Waals surface area contributed by atoms with Gasteiger partial charge in [-0.25, -0.2) is 9.97 Å². The van der Waals surface area contributed by atoms with Gasteiger partial charge < -0.3 is 14.9 Å². The van der Waals surface area contributed by atoms with E-state index in [1.54, 1.807) is 23.1 Å². The lowest BCUT2D eigenvalue weighted by Gasteiger charge is -2.31. The lowest BCUT2D eigenvalue weighted by molar-refractivity contribution is 0.0728. The molecule has 3 heterocycles. The number of fused-ring (bicyclic) bond motifs is 1. The lowest BCUT2D eigenvalue weighted by Crippen LogP contribution is -2.38. The Morgan fingerprint density at radius 3 is 2.65 bits per heavy atom. The van der Waals surface area contributed by atoms with Crippen molar-refractivity contribution < 1.29 is 9.90 Å². The summed E-state index contributed by atoms with van der Waals surface area (Å²) >= 11 is 0. The predicted octanol–water partition coefficient (Wildman–Crippen LogP) is 2.60. The second-order valence-corrected chi connectivity index (χ2v) is 7.21. The van der Waals surface area contributed by atoms with Crippen molar-refractivity contribution in [1.29, 1.82) is 0 Å². The van der Waals surface area contributed by atoms with Crippen LogP contribution >= 0.6 is 0 Å². The van der Waals surface area contributed by atoms with Crippen molar-refractivity contribution >= 4 is 11.7 Å². The number of rotatable bonds is 2. The molecule has 0 aliphatic carbocycles. The van der Waals surface area contributed by atoms with E-state index in [9.17, 15) is 9.90 Å². The summed E-state index contributed by atoms with van der Waals surface area (Å²) in [6, 6.07) is 5.13. The third-order valence-corrected chi connectivity index (χ3v) is 5.23. The van der Waals surface area contributed by atoms with Crippen LogP contribution in [0.25, 0.3) is 0 Å². The Morgan fingerprint density at radius 2 is 1.88 bits per heavy atom. The molecule has 1 fully saturated rings. The molecule has 0 spiro atoms. The maximum absolute atomic E-state index is 12.9. The molecule has 2 aromatic rings. The zero-order chi connectivity index (χ0) is 18.3. The quantitative estimate of drug-likeness (QED) is 0.900. The highest BCUT2D eigenvalue weighted by molar-refractivity contribution is 5.97. The van der Waals surface area contributed by atoms with E-state index in [4.69, 9.17) is 4.98 Å². The molecule has 0 bridgehead atoms. The summed E-state index contributed by atoms with van der Waals surface area (Å²) in [4.78, 5) is 26.4. The van der Waals surface area contributed by atoms with Crippen molar-refractivity contribution in [3.8, 4) is 5.75 Å². The molecule has 1 N–H and O–H groups in total. The Kier molecular flexibility index (Phi) is 4.26. The monoisotopic (exact) mass is 352 g/mol. The lowest BCUT2D eigenvalue weighted by atomic mass is 10.0. The molecule has 0 radical (unpaired) electrons. The van der Waals surface area contributed by atoms with Gasteiger partial charge in [-0.1, -0.05) is 11.6 Å². The van der Waals surface area contributed by atoms with E-state index in [2.05, 4.69) is 9.88 Å². The van der Waals surface area contributed by atoms with Crippen LogP contribution in [0.4, 0.5) is 5.82 Å². The number of aromatic hydroxyl groups is 1. The van der Waals surface area contributed by atoms with Crippen LogP contribution in [0.2, 0.25) is 0 Å². The molecule has 2 aliphatic heterocycles. The molecule has 26 heavy (non-hydrogen) atoms. The largest absolute Gasteiger partial charge is 0.507 e. The number of phenolic OH excluding ortho intramolecular Hbond substituents is 1. The van der Waals surface area contributed by atoms with E-state index in [-0.39, 0.29) is 11.7 Å². The summed E-state index contributed by atoms with van der Waals surface area (Å²) in [7, 11) is 0. The van der Waals surface area contributed by atoms with Crippen molar-refractivity contribution in [1.82, 2.24) is 14.9 Å². The first kappa shape index (κ1) is 16.8. The van der Waals surface area contributed by atoms with Gasteiger partial charge in [0.05, 0.1) is 17.8 Å². The number of phenols is 1. The Morgan fingerprint density at radius 1 is 1.12 bits per heavy atom. The van der Waals surface area contributed by atoms with E-state index >= 15 is 0 Å². The SMILES string of the molecule is Cc1ccc(O)c(C(=O)N2CCc3c(nc(C)nc3N3CCCC3)C2)c1. The topological polar surface area (TPSA) is 69.6 Å². The maximum atomic E-state index is 12.9. The summed E-state index contributed by atoms with van der Waals surface area (Å²) < 4.78 is 0. The van der Waals surface area contributed by atoms with Gasteiger partial charge in [-0.05, 0) is 45.2 Å². The van der Waals surface area contributed by atoms with Crippen LogP contribution in [0.15, 0.2) is 18.2 Å². The molecule has 1 saturated heterocycles. The number of carbonyl (C=O) groups is 1. The van der Waals surface area contributed by atoms with Gasteiger partial charge in [0.15, 0.2) is 0 Å². The van der Waals surface area contributed by atoms with E-state index in [0.29, 0.717) is 18.7 Å². The molecular formula is C20H24N4O2. The average molecular weight is 352 g/mol. The van der Waals surface area contributed by atoms with Crippen LogP contribution < -0.4 is 4.90 Å². The van der Waals surface area contributed by atoms with Crippen LogP contribution in [-0.4, -0.2) is 45.5 Å². The molecule has 0 atom stereocenters. The summed E-state index contributed by atoms with van der Waals surface area (Å²) in [5.74, 6) is 1.69. The number of aryl methyl sites for hydroxylation is 2. The van der Waals surface area contributed by atoms with Gasteiger partial charge in [0.25, 0.3) is 5.91 Å². The fourth-order valence-corrected chi connectivity index (χ4v) is 3.89. The number of hydrogen-bond donors (Lipinski definition) is 1. The van der Waals surface area contributed by atoms with E-state index in [1.807, 2.05) is 13.8 Å². The van der Waals surface area contributed by atoms with Gasteiger partial charge in [0, 0.05) is 25.2 Å². The van der Waals surface area contributed by atoms with Crippen molar-refractivity contribution in [2.75, 3.05) is 24.5 Å². The first-order valence-electron chi connectivity index (χ1n) is 9.23. The minimum absolute atomic E-state index is 0.0306. The number of carbonyl (C=O) groups excluding carboxylic acids is 1. The van der Waals surface area contributed by atoms with Crippen LogP contribution in [0.3, 0.4) is 0 Å². The third-order valence-electron chi connectivity index (χ3n) is 5.23. The number of anilines is 1. The van der Waals surface area contributed by atoms with Gasteiger partial charge in [0.2, 0.25) is 0 Å². The van der Waals surface area contributed by atoms with Crippen molar-refractivity contribution in [3.05, 3.63) is 46.4 Å². The number of amides is 1. The highest BCUT2D eigenvalue weighted by atomic mass is 16.3. The molecule has 0 unspecified atom stereocenters. The van der Waals surface area contributed by atoms with Gasteiger partial charge >= 0.3 is 0 Å². The minimum Gasteiger partial charge on any atom is -0.507 e. The van der Waals surface area contributed by atoms with Crippen molar-refractivity contribution in [2.24, 2.45) is 0 Å².